The lowest BCUT2D eigenvalue weighted by atomic mass is 9.93. The fraction of sp³-hybridized carbons (Fsp3) is 0.318. The van der Waals surface area contributed by atoms with Crippen LogP contribution in [0.2, 0.25) is 0 Å². The van der Waals surface area contributed by atoms with Gasteiger partial charge < -0.3 is 4.74 Å². The van der Waals surface area contributed by atoms with Gasteiger partial charge in [0, 0.05) is 17.4 Å². The fourth-order valence-corrected chi connectivity index (χ4v) is 6.61. The van der Waals surface area contributed by atoms with Crippen LogP contribution in [0.1, 0.15) is 18.4 Å². The standard InChI is InChI=1S/C22H22ClNO4S2/c1-16-9-11-19(12-10-16)30(26,27)24-15-22(13-5-6-17(24)14-22)28-21(25)20(23)29-18-7-3-2-4-8-18/h2-5,7-13,17,20H,6,14-15H2,1H3/t17-,20?,22-/m1/s1. The van der Waals surface area contributed by atoms with E-state index in [2.05, 4.69) is 0 Å². The molecule has 3 atom stereocenters. The molecule has 2 bridgehead atoms. The number of aryl methyl sites for hydroxylation is 1. The molecule has 1 fully saturated rings. The zero-order valence-electron chi connectivity index (χ0n) is 16.4. The molecule has 0 N–H and O–H groups in total. The SMILES string of the molecule is Cc1ccc(S(=O)(=O)N2C[C@@]3(OC(=O)C(Cl)Sc4ccccc4)C=CC[C@@H]2C3)cc1. The van der Waals surface area contributed by atoms with Crippen LogP contribution in [0.15, 0.2) is 76.5 Å². The van der Waals surface area contributed by atoms with E-state index >= 15 is 0 Å². The number of hydrogen-bond donors (Lipinski definition) is 0. The molecule has 30 heavy (non-hydrogen) atoms. The number of carbonyl (C=O) groups excluding carboxylic acids is 1. The van der Waals surface area contributed by atoms with Crippen molar-refractivity contribution in [2.45, 2.75) is 45.9 Å². The molecule has 8 heteroatoms. The quantitative estimate of drug-likeness (QED) is 0.276. The maximum absolute atomic E-state index is 13.2. The lowest BCUT2D eigenvalue weighted by molar-refractivity contribution is -0.151. The molecule has 0 aromatic heterocycles. The maximum atomic E-state index is 13.2. The Morgan fingerprint density at radius 3 is 2.60 bits per heavy atom. The van der Waals surface area contributed by atoms with Gasteiger partial charge in [-0.25, -0.2) is 13.2 Å². The first-order valence-corrected chi connectivity index (χ1v) is 12.4. The average molecular weight is 464 g/mol. The van der Waals surface area contributed by atoms with Gasteiger partial charge in [0.05, 0.1) is 11.4 Å². The van der Waals surface area contributed by atoms with E-state index in [1.165, 1.54) is 16.1 Å². The molecule has 0 amide bonds. The molecular formula is C22H22ClNO4S2. The molecule has 1 aliphatic heterocycles. The van der Waals surface area contributed by atoms with Crippen LogP contribution >= 0.6 is 23.4 Å². The number of rotatable bonds is 6. The molecule has 0 saturated carbocycles. The van der Waals surface area contributed by atoms with Crippen LogP contribution in [0.4, 0.5) is 0 Å². The van der Waals surface area contributed by atoms with Crippen LogP contribution in [-0.4, -0.2) is 41.6 Å². The van der Waals surface area contributed by atoms with Crippen molar-refractivity contribution in [3.8, 4) is 0 Å². The number of hydrogen-bond acceptors (Lipinski definition) is 5. The lowest BCUT2D eigenvalue weighted by Gasteiger charge is -2.28. The Bertz CT molecular complexity index is 1060. The molecule has 2 aliphatic rings. The number of thioether (sulfide) groups is 1. The second-order valence-corrected chi connectivity index (χ2v) is 11.4. The van der Waals surface area contributed by atoms with Gasteiger partial charge in [-0.05, 0) is 43.7 Å². The van der Waals surface area contributed by atoms with Crippen LogP contribution in [0.5, 0.6) is 0 Å². The first-order valence-electron chi connectivity index (χ1n) is 9.64. The van der Waals surface area contributed by atoms with Crippen LogP contribution in [0.3, 0.4) is 0 Å². The van der Waals surface area contributed by atoms with E-state index in [0.717, 1.165) is 10.5 Å². The monoisotopic (exact) mass is 463 g/mol. The molecule has 158 valence electrons. The summed E-state index contributed by atoms with van der Waals surface area (Å²) in [7, 11) is -3.69. The highest BCUT2D eigenvalue weighted by molar-refractivity contribution is 8.01. The van der Waals surface area contributed by atoms with E-state index < -0.39 is 26.3 Å². The van der Waals surface area contributed by atoms with E-state index in [-0.39, 0.29) is 17.5 Å². The van der Waals surface area contributed by atoms with E-state index in [1.54, 1.807) is 24.3 Å². The minimum absolute atomic E-state index is 0.0930. The van der Waals surface area contributed by atoms with E-state index in [0.29, 0.717) is 12.8 Å². The maximum Gasteiger partial charge on any atom is 0.335 e. The Labute approximate surface area is 186 Å². The van der Waals surface area contributed by atoms with Crippen molar-refractivity contribution in [1.82, 2.24) is 4.31 Å². The summed E-state index contributed by atoms with van der Waals surface area (Å²) in [5.41, 5.74) is 0.00700. The van der Waals surface area contributed by atoms with Gasteiger partial charge in [-0.2, -0.15) is 4.31 Å². The molecule has 2 aromatic carbocycles. The third kappa shape index (κ3) is 4.30. The predicted octanol–water partition coefficient (Wildman–Crippen LogP) is 4.36. The molecule has 0 spiro atoms. The van der Waals surface area contributed by atoms with Gasteiger partial charge in [0.25, 0.3) is 0 Å². The average Bonchev–Trinajstić information content (AvgIpc) is 2.99. The highest BCUT2D eigenvalue weighted by Gasteiger charge is 2.52. The normalized spacial score (nSPS) is 24.5. The zero-order chi connectivity index (χ0) is 21.4. The van der Waals surface area contributed by atoms with Gasteiger partial charge in [0.2, 0.25) is 10.0 Å². The molecule has 2 aromatic rings. The number of benzene rings is 2. The van der Waals surface area contributed by atoms with Gasteiger partial charge in [0.1, 0.15) is 5.60 Å². The van der Waals surface area contributed by atoms with E-state index in [1.807, 2.05) is 49.4 Å². The Kier molecular flexibility index (Phi) is 5.99. The summed E-state index contributed by atoms with van der Waals surface area (Å²) in [5.74, 6) is -0.564. The summed E-state index contributed by atoms with van der Waals surface area (Å²) < 4.78 is 32.8. The Morgan fingerprint density at radius 1 is 1.20 bits per heavy atom. The lowest BCUT2D eigenvalue weighted by Crippen LogP contribution is -2.39. The highest BCUT2D eigenvalue weighted by atomic mass is 35.5. The summed E-state index contributed by atoms with van der Waals surface area (Å²) in [6.45, 7) is 2.00. The molecule has 5 nitrogen and oxygen atoms in total. The van der Waals surface area contributed by atoms with E-state index in [9.17, 15) is 13.2 Å². The van der Waals surface area contributed by atoms with Gasteiger partial charge in [-0.3, -0.25) is 0 Å². The number of nitrogens with zero attached hydrogens (tertiary/aromatic N) is 1. The van der Waals surface area contributed by atoms with Crippen molar-refractivity contribution >= 4 is 39.4 Å². The van der Waals surface area contributed by atoms with Crippen molar-refractivity contribution in [3.05, 3.63) is 72.3 Å². The summed E-state index contributed by atoms with van der Waals surface area (Å²) in [4.78, 5) is 13.8. The van der Waals surface area contributed by atoms with Crippen molar-refractivity contribution in [1.29, 1.82) is 0 Å². The third-order valence-electron chi connectivity index (χ3n) is 5.34. The van der Waals surface area contributed by atoms with Crippen molar-refractivity contribution in [3.63, 3.8) is 0 Å². The van der Waals surface area contributed by atoms with Crippen LogP contribution < -0.4 is 0 Å². The summed E-state index contributed by atoms with van der Waals surface area (Å²) in [6.07, 6.45) is 4.72. The van der Waals surface area contributed by atoms with Crippen LogP contribution in [-0.2, 0) is 19.6 Å². The summed E-state index contributed by atoms with van der Waals surface area (Å²) in [5, 5.41) is 0. The number of alkyl halides is 1. The largest absolute Gasteiger partial charge is 0.452 e. The van der Waals surface area contributed by atoms with Gasteiger partial charge in [-0.15, -0.1) is 0 Å². The molecule has 1 unspecified atom stereocenters. The molecule has 1 aliphatic carbocycles. The fourth-order valence-electron chi connectivity index (χ4n) is 3.87. The highest BCUT2D eigenvalue weighted by Crippen LogP contribution is 2.41. The number of carbonyl (C=O) groups is 1. The second-order valence-electron chi connectivity index (χ2n) is 7.59. The summed E-state index contributed by atoms with van der Waals surface area (Å²) in [6, 6.07) is 15.9. The number of ether oxygens (including phenoxy) is 1. The van der Waals surface area contributed by atoms with Crippen LogP contribution in [0.25, 0.3) is 0 Å². The molecular weight excluding hydrogens is 442 g/mol. The van der Waals surface area contributed by atoms with Gasteiger partial charge >= 0.3 is 5.97 Å². The molecule has 0 radical (unpaired) electrons. The number of sulfonamides is 1. The van der Waals surface area contributed by atoms with Gasteiger partial charge in [-0.1, -0.05) is 65.3 Å². The Hall–Kier alpha value is -1.80. The summed E-state index contributed by atoms with van der Waals surface area (Å²) >= 11 is 7.49. The first-order chi connectivity index (χ1) is 14.3. The molecule has 4 rings (SSSR count). The predicted molar refractivity (Wildman–Crippen MR) is 118 cm³/mol. The minimum atomic E-state index is -3.69. The second kappa shape index (κ2) is 8.38. The number of halogens is 1. The topological polar surface area (TPSA) is 63.7 Å². The molecule has 1 saturated heterocycles. The number of fused-ring (bicyclic) bond motifs is 2. The van der Waals surface area contributed by atoms with Crippen LogP contribution in [0, 0.1) is 6.92 Å². The van der Waals surface area contributed by atoms with Crippen molar-refractivity contribution < 1.29 is 17.9 Å². The number of esters is 1. The van der Waals surface area contributed by atoms with Gasteiger partial charge in [0.15, 0.2) is 4.71 Å². The Balaban J connectivity index is 1.50. The van der Waals surface area contributed by atoms with Crippen molar-refractivity contribution in [2.75, 3.05) is 6.54 Å². The zero-order valence-corrected chi connectivity index (χ0v) is 18.8. The molecule has 1 heterocycles. The Morgan fingerprint density at radius 2 is 1.90 bits per heavy atom. The van der Waals surface area contributed by atoms with Crippen molar-refractivity contribution in [2.24, 2.45) is 0 Å². The smallest absolute Gasteiger partial charge is 0.335 e. The first kappa shape index (κ1) is 21.4. The third-order valence-corrected chi connectivity index (χ3v) is 8.64. The van der Waals surface area contributed by atoms with E-state index in [4.69, 9.17) is 16.3 Å². The minimum Gasteiger partial charge on any atom is -0.452 e.